The van der Waals surface area contributed by atoms with Gasteiger partial charge in [-0.1, -0.05) is 31.5 Å². The van der Waals surface area contributed by atoms with Crippen LogP contribution in [-0.2, 0) is 14.9 Å². The molecule has 6 heteroatoms. The van der Waals surface area contributed by atoms with E-state index >= 15 is 0 Å². The molecule has 2 N–H and O–H groups in total. The maximum Gasteiger partial charge on any atom is 0.163 e. The molecule has 1 aliphatic carbocycles. The largest absolute Gasteiger partial charge is 0.504 e. The van der Waals surface area contributed by atoms with E-state index in [9.17, 15) is 5.11 Å². The summed E-state index contributed by atoms with van der Waals surface area (Å²) in [7, 11) is 0. The van der Waals surface area contributed by atoms with Crippen LogP contribution in [0.1, 0.15) is 44.4 Å². The molecule has 0 radical (unpaired) electrons. The highest BCUT2D eigenvalue weighted by molar-refractivity contribution is 6.31. The SMILES string of the molecule is CC1(C)OC[C@H](COc2cc3c(cc2O)C=C2c4ccc(Cl)cc4NC2C3(C)C)O1. The molecule has 3 aliphatic rings. The van der Waals surface area contributed by atoms with Gasteiger partial charge in [0, 0.05) is 21.7 Å². The van der Waals surface area contributed by atoms with Crippen molar-refractivity contribution in [3.63, 3.8) is 0 Å². The molecule has 2 aromatic carbocycles. The summed E-state index contributed by atoms with van der Waals surface area (Å²) in [4.78, 5) is 0. The molecular weight excluding hydrogens is 402 g/mol. The third-order valence-corrected chi connectivity index (χ3v) is 6.49. The van der Waals surface area contributed by atoms with Gasteiger partial charge in [0.1, 0.15) is 12.7 Å². The Hall–Kier alpha value is -2.21. The maximum atomic E-state index is 10.6. The van der Waals surface area contributed by atoms with Gasteiger partial charge in [-0.05, 0) is 60.9 Å². The fourth-order valence-corrected chi connectivity index (χ4v) is 4.91. The summed E-state index contributed by atoms with van der Waals surface area (Å²) in [6.07, 6.45) is 1.99. The number of halogens is 1. The van der Waals surface area contributed by atoms with Crippen LogP contribution in [-0.4, -0.2) is 36.3 Å². The maximum absolute atomic E-state index is 10.6. The number of hydrogen-bond acceptors (Lipinski definition) is 5. The first-order chi connectivity index (χ1) is 14.1. The Kier molecular flexibility index (Phi) is 4.37. The minimum absolute atomic E-state index is 0.114. The van der Waals surface area contributed by atoms with Crippen molar-refractivity contribution in [2.45, 2.75) is 51.0 Å². The number of hydrogen-bond donors (Lipinski definition) is 2. The molecule has 2 atom stereocenters. The van der Waals surface area contributed by atoms with Crippen molar-refractivity contribution in [1.82, 2.24) is 0 Å². The lowest BCUT2D eigenvalue weighted by atomic mass is 9.69. The van der Waals surface area contributed by atoms with Crippen molar-refractivity contribution in [1.29, 1.82) is 0 Å². The topological polar surface area (TPSA) is 60.0 Å². The fourth-order valence-electron chi connectivity index (χ4n) is 4.74. The number of phenolic OH excluding ortho intramolecular Hbond substituents is 1. The first kappa shape index (κ1) is 19.7. The third kappa shape index (κ3) is 3.16. The van der Waals surface area contributed by atoms with Gasteiger partial charge in [-0.15, -0.1) is 0 Å². The molecule has 2 heterocycles. The number of rotatable bonds is 3. The van der Waals surface area contributed by atoms with E-state index in [4.69, 9.17) is 25.8 Å². The van der Waals surface area contributed by atoms with Crippen LogP contribution < -0.4 is 10.1 Å². The monoisotopic (exact) mass is 427 g/mol. The van der Waals surface area contributed by atoms with Crippen molar-refractivity contribution in [3.05, 3.63) is 52.0 Å². The number of phenols is 1. The van der Waals surface area contributed by atoms with Crippen LogP contribution in [0.4, 0.5) is 5.69 Å². The molecule has 5 rings (SSSR count). The van der Waals surface area contributed by atoms with E-state index < -0.39 is 5.79 Å². The average molecular weight is 428 g/mol. The second kappa shape index (κ2) is 6.64. The Morgan fingerprint density at radius 1 is 1.20 bits per heavy atom. The molecule has 158 valence electrons. The lowest BCUT2D eigenvalue weighted by molar-refractivity contribution is -0.141. The van der Waals surface area contributed by atoms with Crippen LogP contribution in [0.2, 0.25) is 5.02 Å². The molecule has 2 aliphatic heterocycles. The molecule has 1 saturated heterocycles. The van der Waals surface area contributed by atoms with Gasteiger partial charge < -0.3 is 24.6 Å². The summed E-state index contributed by atoms with van der Waals surface area (Å²) in [5, 5.41) is 15.0. The van der Waals surface area contributed by atoms with Gasteiger partial charge in [0.05, 0.1) is 12.6 Å². The summed E-state index contributed by atoms with van der Waals surface area (Å²) in [5.74, 6) is -0.00733. The van der Waals surface area contributed by atoms with E-state index in [1.807, 2.05) is 32.0 Å². The smallest absolute Gasteiger partial charge is 0.163 e. The molecule has 5 nitrogen and oxygen atoms in total. The Bertz CT molecular complexity index is 1060. The number of benzene rings is 2. The van der Waals surface area contributed by atoms with Crippen LogP contribution >= 0.6 is 11.6 Å². The van der Waals surface area contributed by atoms with E-state index in [1.54, 1.807) is 6.07 Å². The van der Waals surface area contributed by atoms with Crippen LogP contribution in [0, 0.1) is 0 Å². The van der Waals surface area contributed by atoms with Gasteiger partial charge in [-0.2, -0.15) is 0 Å². The van der Waals surface area contributed by atoms with Crippen molar-refractivity contribution in [2.24, 2.45) is 0 Å². The first-order valence-electron chi connectivity index (χ1n) is 10.2. The predicted molar refractivity (Wildman–Crippen MR) is 118 cm³/mol. The summed E-state index contributed by atoms with van der Waals surface area (Å²) in [5.41, 5.74) is 5.32. The first-order valence-corrected chi connectivity index (χ1v) is 10.6. The van der Waals surface area contributed by atoms with Gasteiger partial charge in [0.25, 0.3) is 0 Å². The molecule has 1 fully saturated rings. The summed E-state index contributed by atoms with van der Waals surface area (Å²) in [6.45, 7) is 8.99. The van der Waals surface area contributed by atoms with E-state index in [1.165, 1.54) is 5.57 Å². The Labute approximate surface area is 181 Å². The van der Waals surface area contributed by atoms with Crippen LogP contribution in [0.15, 0.2) is 30.3 Å². The second-order valence-electron chi connectivity index (χ2n) is 9.26. The summed E-state index contributed by atoms with van der Waals surface area (Å²) in [6, 6.07) is 9.80. The van der Waals surface area contributed by atoms with E-state index in [0.717, 1.165) is 22.4 Å². The quantitative estimate of drug-likeness (QED) is 0.704. The number of ether oxygens (including phenoxy) is 3. The van der Waals surface area contributed by atoms with Crippen molar-refractivity contribution in [3.8, 4) is 11.5 Å². The number of nitrogens with one attached hydrogen (secondary N) is 1. The van der Waals surface area contributed by atoms with Crippen LogP contribution in [0.25, 0.3) is 11.6 Å². The Morgan fingerprint density at radius 2 is 2.00 bits per heavy atom. The molecule has 0 aromatic heterocycles. The van der Waals surface area contributed by atoms with Gasteiger partial charge >= 0.3 is 0 Å². The lowest BCUT2D eigenvalue weighted by Gasteiger charge is -2.38. The highest BCUT2D eigenvalue weighted by Gasteiger charge is 2.43. The zero-order chi connectivity index (χ0) is 21.3. The number of aromatic hydroxyl groups is 1. The zero-order valence-electron chi connectivity index (χ0n) is 17.6. The summed E-state index contributed by atoms with van der Waals surface area (Å²) >= 11 is 6.20. The van der Waals surface area contributed by atoms with Crippen molar-refractivity contribution >= 4 is 28.9 Å². The van der Waals surface area contributed by atoms with E-state index in [0.29, 0.717) is 24.0 Å². The van der Waals surface area contributed by atoms with E-state index in [-0.39, 0.29) is 23.3 Å². The highest BCUT2D eigenvalue weighted by Crippen LogP contribution is 2.51. The molecular formula is C24H26ClNO4. The minimum Gasteiger partial charge on any atom is -0.504 e. The molecule has 0 spiro atoms. The van der Waals surface area contributed by atoms with Crippen LogP contribution in [0.3, 0.4) is 0 Å². The van der Waals surface area contributed by atoms with E-state index in [2.05, 4.69) is 31.3 Å². The molecule has 30 heavy (non-hydrogen) atoms. The molecule has 2 aromatic rings. The van der Waals surface area contributed by atoms with Gasteiger partial charge in [0.2, 0.25) is 0 Å². The highest BCUT2D eigenvalue weighted by atomic mass is 35.5. The predicted octanol–water partition coefficient (Wildman–Crippen LogP) is 5.20. The molecule has 0 bridgehead atoms. The second-order valence-corrected chi connectivity index (χ2v) is 9.69. The van der Waals surface area contributed by atoms with Gasteiger partial charge in [-0.25, -0.2) is 0 Å². The molecule has 1 unspecified atom stereocenters. The van der Waals surface area contributed by atoms with Crippen molar-refractivity contribution < 1.29 is 19.3 Å². The molecule has 0 amide bonds. The van der Waals surface area contributed by atoms with Crippen LogP contribution in [0.5, 0.6) is 11.5 Å². The number of fused-ring (bicyclic) bond motifs is 4. The molecule has 0 saturated carbocycles. The third-order valence-electron chi connectivity index (χ3n) is 6.25. The Morgan fingerprint density at radius 3 is 2.73 bits per heavy atom. The zero-order valence-corrected chi connectivity index (χ0v) is 18.3. The summed E-state index contributed by atoms with van der Waals surface area (Å²) < 4.78 is 17.3. The van der Waals surface area contributed by atoms with Crippen molar-refractivity contribution in [2.75, 3.05) is 18.5 Å². The average Bonchev–Trinajstić information content (AvgIpc) is 3.20. The normalized spacial score (nSPS) is 25.0. The lowest BCUT2D eigenvalue weighted by Crippen LogP contribution is -2.40. The number of anilines is 1. The standard InChI is InChI=1S/C24H26ClNO4/c1-23(2)18-10-21(28-11-15-12-29-24(3,4)30-15)20(27)8-13(18)7-17-16-6-5-14(25)9-19(16)26-22(17)23/h5-10,15,22,26-27H,11-12H2,1-4H3/t15-,22?/m0/s1. The van der Waals surface area contributed by atoms with Gasteiger partial charge in [0.15, 0.2) is 17.3 Å². The fraction of sp³-hybridized carbons (Fsp3) is 0.417. The van der Waals surface area contributed by atoms with Gasteiger partial charge in [-0.3, -0.25) is 0 Å². The minimum atomic E-state index is -0.596. The Balaban J connectivity index is 1.46.